The monoisotopic (exact) mass is 870 g/mol. The Balaban J connectivity index is 1.68. The third kappa shape index (κ3) is 7.29. The van der Waals surface area contributed by atoms with E-state index in [0.29, 0.717) is 0 Å². The van der Waals surface area contributed by atoms with Crippen molar-refractivity contribution in [3.63, 3.8) is 0 Å². The third-order valence-electron chi connectivity index (χ3n) is 13.1. The summed E-state index contributed by atoms with van der Waals surface area (Å²) in [6.07, 6.45) is 0. The molecule has 0 amide bonds. The first-order chi connectivity index (χ1) is 29.3. The fourth-order valence-electron chi connectivity index (χ4n) is 10.2. The molecule has 0 aliphatic heterocycles. The summed E-state index contributed by atoms with van der Waals surface area (Å²) in [6.45, 7) is 30.5. The van der Waals surface area contributed by atoms with Crippen LogP contribution in [0.5, 0.6) is 0 Å². The number of benzene rings is 9. The van der Waals surface area contributed by atoms with Crippen molar-refractivity contribution < 1.29 is 0 Å². The molecule has 0 atom stereocenters. The Kier molecular flexibility index (Phi) is 10.4. The van der Waals surface area contributed by atoms with Gasteiger partial charge in [0.1, 0.15) is 0 Å². The van der Waals surface area contributed by atoms with Gasteiger partial charge in [-0.1, -0.05) is 257 Å². The Bertz CT molecular complexity index is 2940. The van der Waals surface area contributed by atoms with Crippen molar-refractivity contribution >= 4 is 96.1 Å². The predicted octanol–water partition coefficient (Wildman–Crippen LogP) is 15.1. The van der Waals surface area contributed by atoms with Gasteiger partial charge < -0.3 is 0 Å². The molecule has 9 aromatic carbocycles. The molecule has 4 heteroatoms. The molecule has 0 N–H and O–H groups in total. The second-order valence-corrected chi connectivity index (χ2v) is 41.9. The van der Waals surface area contributed by atoms with Crippen molar-refractivity contribution in [2.75, 3.05) is 0 Å². The van der Waals surface area contributed by atoms with Crippen molar-refractivity contribution in [1.82, 2.24) is 0 Å². The molecule has 0 fully saturated rings. The van der Waals surface area contributed by atoms with Gasteiger partial charge in [-0.25, -0.2) is 0 Å². The van der Waals surface area contributed by atoms with Crippen LogP contribution in [0.3, 0.4) is 0 Å². The van der Waals surface area contributed by atoms with Crippen LogP contribution in [0.15, 0.2) is 158 Å². The van der Waals surface area contributed by atoms with Crippen LogP contribution >= 0.6 is 0 Å². The molecule has 0 saturated heterocycles. The standard InChI is InChI=1S/C58H62Si4/c1-59(2,3)49-35-45-43-33-34-44-46-36-50(60(4,5)6)52(62(10,11)12)38-48(46)54(40-27-19-14-20-28-40)56(42-31-23-16-24-32-42)58(44)57(43)55(41-29-21-15-22-30-41)53(39-25-17-13-18-26-39)47(45)37-51(49)61(7,8)9/h13-38H,1-12H3. The van der Waals surface area contributed by atoms with Gasteiger partial charge >= 0.3 is 0 Å². The highest BCUT2D eigenvalue weighted by Gasteiger charge is 2.33. The van der Waals surface area contributed by atoms with Crippen LogP contribution in [0.4, 0.5) is 0 Å². The van der Waals surface area contributed by atoms with Gasteiger partial charge in [-0.3, -0.25) is 0 Å². The highest BCUT2D eigenvalue weighted by molar-refractivity contribution is 6.99. The van der Waals surface area contributed by atoms with E-state index >= 15 is 0 Å². The van der Waals surface area contributed by atoms with E-state index in [1.807, 2.05) is 0 Å². The average molecular weight is 871 g/mol. The molecule has 0 aliphatic rings. The quantitative estimate of drug-likeness (QED) is 0.105. The molecule has 62 heavy (non-hydrogen) atoms. The maximum atomic E-state index is 2.68. The molecule has 310 valence electrons. The van der Waals surface area contributed by atoms with Crippen LogP contribution in [-0.2, 0) is 0 Å². The summed E-state index contributed by atoms with van der Waals surface area (Å²) in [4.78, 5) is 0. The number of fused-ring (bicyclic) bond motifs is 7. The van der Waals surface area contributed by atoms with Crippen LogP contribution in [0.25, 0.3) is 87.6 Å². The second-order valence-electron chi connectivity index (χ2n) is 21.8. The predicted molar refractivity (Wildman–Crippen MR) is 290 cm³/mol. The topological polar surface area (TPSA) is 0 Å². The molecule has 9 aromatic rings. The molecule has 0 nitrogen and oxygen atoms in total. The smallest absolute Gasteiger partial charge is 0.0656 e. The largest absolute Gasteiger partial charge is 0.0774 e. The SMILES string of the molecule is C[Si](C)(C)c1cc2c(-c3ccccc3)c(-c3ccccc3)c3c(ccc4c5cc([Si](C)(C)C)c([Si](C)(C)C)cc5c(-c5ccccc5)c(-c5ccccc5)c43)c2cc1[Si](C)(C)C. The summed E-state index contributed by atoms with van der Waals surface area (Å²) in [5.74, 6) is 0. The first kappa shape index (κ1) is 42.2. The molecule has 0 aromatic heterocycles. The van der Waals surface area contributed by atoms with E-state index in [9.17, 15) is 0 Å². The Hall–Kier alpha value is -5.11. The van der Waals surface area contributed by atoms with Gasteiger partial charge in [0.25, 0.3) is 0 Å². The third-order valence-corrected chi connectivity index (χ3v) is 21.7. The Labute approximate surface area is 374 Å². The Morgan fingerprint density at radius 3 is 0.694 bits per heavy atom. The first-order valence-corrected chi connectivity index (χ1v) is 36.6. The average Bonchev–Trinajstić information content (AvgIpc) is 3.24. The van der Waals surface area contributed by atoms with E-state index in [-0.39, 0.29) is 0 Å². The number of hydrogen-bond acceptors (Lipinski definition) is 0. The lowest BCUT2D eigenvalue weighted by molar-refractivity contribution is 1.62. The summed E-state index contributed by atoms with van der Waals surface area (Å²) < 4.78 is 0. The summed E-state index contributed by atoms with van der Waals surface area (Å²) in [6, 6.07) is 61.0. The van der Waals surface area contributed by atoms with Crippen molar-refractivity contribution in [3.05, 3.63) is 158 Å². The zero-order valence-electron chi connectivity index (χ0n) is 39.0. The Morgan fingerprint density at radius 1 is 0.226 bits per heavy atom. The van der Waals surface area contributed by atoms with E-state index in [2.05, 4.69) is 236 Å². The van der Waals surface area contributed by atoms with Crippen LogP contribution in [-0.4, -0.2) is 32.3 Å². The van der Waals surface area contributed by atoms with Gasteiger partial charge in [0.05, 0.1) is 32.3 Å². The van der Waals surface area contributed by atoms with Crippen molar-refractivity contribution in [2.24, 2.45) is 0 Å². The summed E-state index contributed by atoms with van der Waals surface area (Å²) in [5.41, 5.74) is 10.4. The number of rotatable bonds is 8. The fourth-order valence-corrected chi connectivity index (χ4v) is 20.6. The van der Waals surface area contributed by atoms with Crippen molar-refractivity contribution in [3.8, 4) is 44.5 Å². The molecule has 0 radical (unpaired) electrons. The van der Waals surface area contributed by atoms with E-state index in [1.165, 1.54) is 87.6 Å². The van der Waals surface area contributed by atoms with Crippen LogP contribution in [0.2, 0.25) is 78.6 Å². The molecule has 0 unspecified atom stereocenters. The lowest BCUT2D eigenvalue weighted by atomic mass is 9.79. The highest BCUT2D eigenvalue weighted by atomic mass is 28.3. The van der Waals surface area contributed by atoms with Crippen molar-refractivity contribution in [2.45, 2.75) is 78.6 Å². The Morgan fingerprint density at radius 2 is 0.452 bits per heavy atom. The van der Waals surface area contributed by atoms with Gasteiger partial charge in [-0.05, 0) is 87.6 Å². The van der Waals surface area contributed by atoms with Gasteiger partial charge in [-0.2, -0.15) is 0 Å². The van der Waals surface area contributed by atoms with Gasteiger partial charge in [-0.15, -0.1) is 0 Å². The lowest BCUT2D eigenvalue weighted by Crippen LogP contribution is -2.56. The highest BCUT2D eigenvalue weighted by Crippen LogP contribution is 2.52. The normalized spacial score (nSPS) is 12.8. The summed E-state index contributed by atoms with van der Waals surface area (Å²) in [5, 5.41) is 17.3. The lowest BCUT2D eigenvalue weighted by Gasteiger charge is -2.31. The minimum absolute atomic E-state index is 1.26. The zero-order valence-corrected chi connectivity index (χ0v) is 43.0. The van der Waals surface area contributed by atoms with Gasteiger partial charge in [0, 0.05) is 0 Å². The first-order valence-electron chi connectivity index (χ1n) is 22.6. The van der Waals surface area contributed by atoms with E-state index in [0.717, 1.165) is 0 Å². The number of hydrogen-bond donors (Lipinski definition) is 0. The summed E-state index contributed by atoms with van der Waals surface area (Å²) >= 11 is 0. The zero-order chi connectivity index (χ0) is 43.9. The molecule has 0 aliphatic carbocycles. The maximum Gasteiger partial charge on any atom is 0.0774 e. The molecule has 0 spiro atoms. The molecular formula is C58H62Si4. The van der Waals surface area contributed by atoms with Crippen LogP contribution in [0, 0.1) is 0 Å². The van der Waals surface area contributed by atoms with Gasteiger partial charge in [0.15, 0.2) is 0 Å². The van der Waals surface area contributed by atoms with Crippen LogP contribution in [0.1, 0.15) is 0 Å². The minimum atomic E-state index is -1.78. The summed E-state index contributed by atoms with van der Waals surface area (Å²) in [7, 11) is -7.08. The van der Waals surface area contributed by atoms with Crippen LogP contribution < -0.4 is 20.7 Å². The molecule has 0 saturated carbocycles. The maximum absolute atomic E-state index is 2.68. The van der Waals surface area contributed by atoms with Crippen molar-refractivity contribution in [1.29, 1.82) is 0 Å². The molecule has 0 bridgehead atoms. The molecule has 9 rings (SSSR count). The molecule has 0 heterocycles. The van der Waals surface area contributed by atoms with Gasteiger partial charge in [0.2, 0.25) is 0 Å². The molecular weight excluding hydrogens is 809 g/mol. The van der Waals surface area contributed by atoms with E-state index in [1.54, 1.807) is 20.7 Å². The fraction of sp³-hybridized carbons (Fsp3) is 0.207. The van der Waals surface area contributed by atoms with E-state index < -0.39 is 32.3 Å². The van der Waals surface area contributed by atoms with E-state index in [4.69, 9.17) is 0 Å². The minimum Gasteiger partial charge on any atom is -0.0656 e. The second kappa shape index (κ2) is 15.3.